The number of nitrogens with zero attached hydrogens (tertiary/aromatic N) is 3. The quantitative estimate of drug-likeness (QED) is 0.686. The van der Waals surface area contributed by atoms with Gasteiger partial charge in [0.05, 0.1) is 10.2 Å². The number of anilines is 1. The van der Waals surface area contributed by atoms with Crippen molar-refractivity contribution >= 4 is 26.7 Å². The van der Waals surface area contributed by atoms with E-state index in [-0.39, 0.29) is 0 Å². The minimum Gasteiger partial charge on any atom is -0.345 e. The number of benzene rings is 2. The van der Waals surface area contributed by atoms with Gasteiger partial charge in [-0.15, -0.1) is 0 Å². The molecule has 0 amide bonds. The van der Waals surface area contributed by atoms with E-state index in [1.807, 2.05) is 11.3 Å². The van der Waals surface area contributed by atoms with E-state index in [4.69, 9.17) is 4.98 Å². The Kier molecular flexibility index (Phi) is 4.99. The summed E-state index contributed by atoms with van der Waals surface area (Å²) in [7, 11) is 0. The average molecular weight is 352 g/mol. The summed E-state index contributed by atoms with van der Waals surface area (Å²) in [5.41, 5.74) is 4.00. The number of fused-ring (bicyclic) bond motifs is 1. The number of hydrogen-bond donors (Lipinski definition) is 0. The van der Waals surface area contributed by atoms with Gasteiger partial charge in [0.25, 0.3) is 0 Å². The van der Waals surface area contributed by atoms with Gasteiger partial charge >= 0.3 is 0 Å². The number of piperazine rings is 1. The van der Waals surface area contributed by atoms with E-state index < -0.39 is 0 Å². The van der Waals surface area contributed by atoms with Gasteiger partial charge in [-0.3, -0.25) is 4.90 Å². The fourth-order valence-corrected chi connectivity index (χ4v) is 4.57. The highest BCUT2D eigenvalue weighted by Gasteiger charge is 2.20. The summed E-state index contributed by atoms with van der Waals surface area (Å²) in [6, 6.07) is 17.4. The molecule has 0 N–H and O–H groups in total. The maximum absolute atomic E-state index is 4.95. The largest absolute Gasteiger partial charge is 0.345 e. The summed E-state index contributed by atoms with van der Waals surface area (Å²) >= 11 is 1.84. The van der Waals surface area contributed by atoms with Gasteiger partial charge in [0.2, 0.25) is 0 Å². The summed E-state index contributed by atoms with van der Waals surface area (Å²) in [6.45, 7) is 7.77. The second-order valence-electron chi connectivity index (χ2n) is 6.68. The monoisotopic (exact) mass is 351 g/mol. The zero-order valence-corrected chi connectivity index (χ0v) is 15.6. The molecule has 0 saturated carbocycles. The number of hydrogen-bond acceptors (Lipinski definition) is 4. The topological polar surface area (TPSA) is 19.4 Å². The molecule has 1 fully saturated rings. The summed E-state index contributed by atoms with van der Waals surface area (Å²) in [5, 5.41) is 1.19. The Bertz CT molecular complexity index is 820. The van der Waals surface area contributed by atoms with Gasteiger partial charge in [-0.25, -0.2) is 4.98 Å². The van der Waals surface area contributed by atoms with Crippen LogP contribution in [0.2, 0.25) is 0 Å². The van der Waals surface area contributed by atoms with Crippen molar-refractivity contribution in [2.75, 3.05) is 37.6 Å². The second kappa shape index (κ2) is 7.54. The van der Waals surface area contributed by atoms with Crippen LogP contribution in [0.5, 0.6) is 0 Å². The van der Waals surface area contributed by atoms with Gasteiger partial charge in [0.1, 0.15) is 0 Å². The maximum atomic E-state index is 4.95. The van der Waals surface area contributed by atoms with E-state index >= 15 is 0 Å². The van der Waals surface area contributed by atoms with E-state index in [1.165, 1.54) is 26.5 Å². The molecule has 0 aliphatic carbocycles. The third-order valence-electron chi connectivity index (χ3n) is 5.07. The Balaban J connectivity index is 1.37. The first-order valence-corrected chi connectivity index (χ1v) is 10.0. The van der Waals surface area contributed by atoms with Gasteiger partial charge in [0.15, 0.2) is 5.13 Å². The molecule has 0 bridgehead atoms. The predicted molar refractivity (Wildman–Crippen MR) is 108 cm³/mol. The van der Waals surface area contributed by atoms with Crippen molar-refractivity contribution in [2.24, 2.45) is 0 Å². The lowest BCUT2D eigenvalue weighted by Gasteiger charge is -2.34. The van der Waals surface area contributed by atoms with Crippen LogP contribution in [0.4, 0.5) is 5.13 Å². The van der Waals surface area contributed by atoms with Crippen molar-refractivity contribution in [3.05, 3.63) is 59.7 Å². The molecular weight excluding hydrogens is 326 g/mol. The zero-order chi connectivity index (χ0) is 17.1. The lowest BCUT2D eigenvalue weighted by molar-refractivity contribution is 0.261. The van der Waals surface area contributed by atoms with Crippen LogP contribution in [0, 0.1) is 0 Å². The standard InChI is InChI=1S/C21H25N3S/c1-2-18-9-6-10-19-20(18)22-21(25-19)24-15-13-23(14-16-24)12-11-17-7-4-3-5-8-17/h3-10H,2,11-16H2,1H3. The van der Waals surface area contributed by atoms with Crippen molar-refractivity contribution < 1.29 is 0 Å². The van der Waals surface area contributed by atoms with Gasteiger partial charge in [-0.1, -0.05) is 60.7 Å². The van der Waals surface area contributed by atoms with Crippen molar-refractivity contribution in [1.82, 2.24) is 9.88 Å². The molecule has 2 heterocycles. The van der Waals surface area contributed by atoms with Crippen LogP contribution in [-0.4, -0.2) is 42.6 Å². The molecule has 2 aromatic carbocycles. The third kappa shape index (κ3) is 3.70. The van der Waals surface area contributed by atoms with Crippen molar-refractivity contribution in [3.8, 4) is 0 Å². The molecule has 3 nitrogen and oxygen atoms in total. The van der Waals surface area contributed by atoms with Gasteiger partial charge in [-0.05, 0) is 30.0 Å². The predicted octanol–water partition coefficient (Wildman–Crippen LogP) is 4.22. The van der Waals surface area contributed by atoms with E-state index in [9.17, 15) is 0 Å². The molecule has 1 aromatic heterocycles. The van der Waals surface area contributed by atoms with E-state index in [0.717, 1.165) is 45.6 Å². The maximum Gasteiger partial charge on any atom is 0.186 e. The Labute approximate surface area is 153 Å². The molecule has 3 aromatic rings. The van der Waals surface area contributed by atoms with Crippen molar-refractivity contribution in [3.63, 3.8) is 0 Å². The van der Waals surface area contributed by atoms with Crippen LogP contribution in [-0.2, 0) is 12.8 Å². The smallest absolute Gasteiger partial charge is 0.186 e. The summed E-state index contributed by atoms with van der Waals surface area (Å²) < 4.78 is 1.32. The average Bonchev–Trinajstić information content (AvgIpc) is 3.12. The Morgan fingerprint density at radius 1 is 0.960 bits per heavy atom. The first-order chi connectivity index (χ1) is 12.3. The molecule has 4 rings (SSSR count). The number of rotatable bonds is 5. The molecule has 1 aliphatic rings. The van der Waals surface area contributed by atoms with Crippen LogP contribution in [0.25, 0.3) is 10.2 Å². The molecule has 1 aliphatic heterocycles. The number of aryl methyl sites for hydroxylation is 1. The minimum atomic E-state index is 1.05. The lowest BCUT2D eigenvalue weighted by atomic mass is 10.1. The molecular formula is C21H25N3S. The molecule has 130 valence electrons. The van der Waals surface area contributed by atoms with Gasteiger partial charge in [-0.2, -0.15) is 0 Å². The van der Waals surface area contributed by atoms with Crippen LogP contribution in [0.3, 0.4) is 0 Å². The molecule has 0 spiro atoms. The number of para-hydroxylation sites is 1. The highest BCUT2D eigenvalue weighted by atomic mass is 32.1. The van der Waals surface area contributed by atoms with E-state index in [2.05, 4.69) is 65.3 Å². The normalized spacial score (nSPS) is 15.8. The van der Waals surface area contributed by atoms with Crippen molar-refractivity contribution in [1.29, 1.82) is 0 Å². The fourth-order valence-electron chi connectivity index (χ4n) is 3.51. The van der Waals surface area contributed by atoms with Crippen molar-refractivity contribution in [2.45, 2.75) is 19.8 Å². The van der Waals surface area contributed by atoms with Crippen LogP contribution >= 0.6 is 11.3 Å². The SMILES string of the molecule is CCc1cccc2sc(N3CCN(CCc4ccccc4)CC3)nc12. The lowest BCUT2D eigenvalue weighted by Crippen LogP contribution is -2.46. The summed E-state index contributed by atoms with van der Waals surface area (Å²) in [6.07, 6.45) is 2.19. The summed E-state index contributed by atoms with van der Waals surface area (Å²) in [4.78, 5) is 9.99. The fraction of sp³-hybridized carbons (Fsp3) is 0.381. The highest BCUT2D eigenvalue weighted by molar-refractivity contribution is 7.22. The van der Waals surface area contributed by atoms with Crippen LogP contribution in [0.15, 0.2) is 48.5 Å². The minimum absolute atomic E-state index is 1.05. The first-order valence-electron chi connectivity index (χ1n) is 9.23. The van der Waals surface area contributed by atoms with Gasteiger partial charge in [0, 0.05) is 32.7 Å². The molecule has 0 radical (unpaired) electrons. The number of thiazole rings is 1. The van der Waals surface area contributed by atoms with Crippen LogP contribution < -0.4 is 4.90 Å². The first kappa shape index (κ1) is 16.6. The molecule has 0 atom stereocenters. The Hall–Kier alpha value is -1.91. The Morgan fingerprint density at radius 2 is 1.76 bits per heavy atom. The van der Waals surface area contributed by atoms with E-state index in [1.54, 1.807) is 0 Å². The third-order valence-corrected chi connectivity index (χ3v) is 6.16. The molecule has 1 saturated heterocycles. The zero-order valence-electron chi connectivity index (χ0n) is 14.8. The van der Waals surface area contributed by atoms with E-state index in [0.29, 0.717) is 0 Å². The number of aromatic nitrogens is 1. The highest BCUT2D eigenvalue weighted by Crippen LogP contribution is 2.31. The van der Waals surface area contributed by atoms with Crippen LogP contribution in [0.1, 0.15) is 18.1 Å². The second-order valence-corrected chi connectivity index (χ2v) is 7.69. The summed E-state index contributed by atoms with van der Waals surface area (Å²) in [5.74, 6) is 0. The van der Waals surface area contributed by atoms with Gasteiger partial charge < -0.3 is 4.90 Å². The molecule has 25 heavy (non-hydrogen) atoms. The molecule has 4 heteroatoms. The Morgan fingerprint density at radius 3 is 2.52 bits per heavy atom. The molecule has 0 unspecified atom stereocenters.